The number of nitrogens with zero attached hydrogens (tertiary/aromatic N) is 3. The first-order chi connectivity index (χ1) is 12.6. The monoisotopic (exact) mass is 366 g/mol. The zero-order chi connectivity index (χ0) is 18.1. The Morgan fingerprint density at radius 2 is 2.04 bits per heavy atom. The maximum atomic E-state index is 12.3. The lowest BCUT2D eigenvalue weighted by Gasteiger charge is -2.07. The Morgan fingerprint density at radius 1 is 1.27 bits per heavy atom. The second-order valence-corrected chi connectivity index (χ2v) is 7.81. The molecule has 1 aliphatic carbocycles. The van der Waals surface area contributed by atoms with Gasteiger partial charge in [-0.05, 0) is 50.5 Å². The van der Waals surface area contributed by atoms with E-state index in [1.165, 1.54) is 17.8 Å². The van der Waals surface area contributed by atoms with Crippen molar-refractivity contribution in [2.45, 2.75) is 45.7 Å². The number of nitrogens with one attached hydrogen (secondary N) is 1. The van der Waals surface area contributed by atoms with E-state index in [-0.39, 0.29) is 5.91 Å². The number of rotatable bonds is 6. The molecule has 2 aromatic heterocycles. The van der Waals surface area contributed by atoms with Crippen LogP contribution < -0.4 is 5.32 Å². The summed E-state index contributed by atoms with van der Waals surface area (Å²) in [5.41, 5.74) is 4.90. The molecule has 0 atom stereocenters. The molecule has 6 heteroatoms. The Morgan fingerprint density at radius 3 is 2.69 bits per heavy atom. The first-order valence-corrected chi connectivity index (χ1v) is 9.79. The van der Waals surface area contributed by atoms with Gasteiger partial charge in [-0.2, -0.15) is 5.10 Å². The zero-order valence-electron chi connectivity index (χ0n) is 15.0. The summed E-state index contributed by atoms with van der Waals surface area (Å²) < 4.78 is 1.98. The van der Waals surface area contributed by atoms with Crippen LogP contribution in [0.4, 0.5) is 0 Å². The first-order valence-electron chi connectivity index (χ1n) is 8.91. The van der Waals surface area contributed by atoms with Crippen LogP contribution in [0.15, 0.2) is 35.7 Å². The summed E-state index contributed by atoms with van der Waals surface area (Å²) >= 11 is 1.70. The lowest BCUT2D eigenvalue weighted by atomic mass is 10.1. The van der Waals surface area contributed by atoms with Crippen molar-refractivity contribution in [2.24, 2.45) is 0 Å². The normalized spacial score (nSPS) is 13.8. The Kier molecular flexibility index (Phi) is 4.59. The summed E-state index contributed by atoms with van der Waals surface area (Å²) in [5, 5.41) is 10.7. The van der Waals surface area contributed by atoms with Gasteiger partial charge in [-0.25, -0.2) is 4.98 Å². The highest BCUT2D eigenvalue weighted by molar-refractivity contribution is 7.09. The van der Waals surface area contributed by atoms with Crippen LogP contribution in [-0.2, 0) is 13.1 Å². The molecule has 1 aliphatic rings. The van der Waals surface area contributed by atoms with Gasteiger partial charge in [-0.15, -0.1) is 11.3 Å². The van der Waals surface area contributed by atoms with Gasteiger partial charge in [0.1, 0.15) is 0 Å². The van der Waals surface area contributed by atoms with Crippen molar-refractivity contribution in [3.63, 3.8) is 0 Å². The Balaban J connectivity index is 1.34. The average Bonchev–Trinajstić information content (AvgIpc) is 3.29. The largest absolute Gasteiger partial charge is 0.346 e. The summed E-state index contributed by atoms with van der Waals surface area (Å²) in [6.07, 6.45) is 2.51. The molecule has 4 rings (SSSR count). The van der Waals surface area contributed by atoms with E-state index in [2.05, 4.69) is 28.4 Å². The molecule has 1 saturated carbocycles. The van der Waals surface area contributed by atoms with E-state index >= 15 is 0 Å². The van der Waals surface area contributed by atoms with Crippen molar-refractivity contribution in [2.75, 3.05) is 0 Å². The van der Waals surface area contributed by atoms with Crippen LogP contribution in [0.1, 0.15) is 56.8 Å². The molecule has 2 heterocycles. The molecule has 1 N–H and O–H groups in total. The quantitative estimate of drug-likeness (QED) is 0.722. The van der Waals surface area contributed by atoms with E-state index in [1.807, 2.05) is 41.3 Å². The summed E-state index contributed by atoms with van der Waals surface area (Å²) in [6, 6.07) is 9.77. The number of hydrogen-bond donors (Lipinski definition) is 1. The third-order valence-corrected chi connectivity index (χ3v) is 5.63. The van der Waals surface area contributed by atoms with E-state index in [4.69, 9.17) is 0 Å². The molecule has 134 valence electrons. The zero-order valence-corrected chi connectivity index (χ0v) is 15.8. The molecule has 1 fully saturated rings. The molecule has 3 aromatic rings. The van der Waals surface area contributed by atoms with Crippen LogP contribution >= 0.6 is 11.3 Å². The molecule has 0 bridgehead atoms. The van der Waals surface area contributed by atoms with Crippen LogP contribution in [-0.4, -0.2) is 20.7 Å². The molecule has 0 saturated heterocycles. The van der Waals surface area contributed by atoms with E-state index in [0.717, 1.165) is 22.6 Å². The number of thiazole rings is 1. The van der Waals surface area contributed by atoms with E-state index in [1.54, 1.807) is 11.3 Å². The standard InChI is InChI=1S/C20H22N4OS/c1-13-9-14(2)24(23-13)11-15-3-5-16(6-4-15)19(25)21-10-18-12-26-20(22-18)17-7-8-17/h3-6,9,12,17H,7-8,10-11H2,1-2H3,(H,21,25). The smallest absolute Gasteiger partial charge is 0.251 e. The van der Waals surface area contributed by atoms with Crippen molar-refractivity contribution >= 4 is 17.2 Å². The van der Waals surface area contributed by atoms with Gasteiger partial charge in [0, 0.05) is 22.6 Å². The van der Waals surface area contributed by atoms with E-state index in [9.17, 15) is 4.79 Å². The summed E-state index contributed by atoms with van der Waals surface area (Å²) in [4.78, 5) is 16.9. The molecule has 0 unspecified atom stereocenters. The fourth-order valence-corrected chi connectivity index (χ4v) is 3.95. The van der Waals surface area contributed by atoms with Crippen molar-refractivity contribution in [1.29, 1.82) is 0 Å². The summed E-state index contributed by atoms with van der Waals surface area (Å²) in [7, 11) is 0. The predicted molar refractivity (Wildman–Crippen MR) is 103 cm³/mol. The Hall–Kier alpha value is -2.47. The van der Waals surface area contributed by atoms with Crippen molar-refractivity contribution in [3.05, 3.63) is 68.9 Å². The lowest BCUT2D eigenvalue weighted by Crippen LogP contribution is -2.23. The predicted octanol–water partition coefficient (Wildman–Crippen LogP) is 3.81. The van der Waals surface area contributed by atoms with Crippen molar-refractivity contribution < 1.29 is 4.79 Å². The molecular formula is C20H22N4OS. The molecule has 0 aliphatic heterocycles. The number of carbonyl (C=O) groups excluding carboxylic acids is 1. The molecule has 0 spiro atoms. The van der Waals surface area contributed by atoms with Crippen LogP contribution in [0.25, 0.3) is 0 Å². The fourth-order valence-electron chi connectivity index (χ4n) is 2.96. The second kappa shape index (κ2) is 7.03. The van der Waals surface area contributed by atoms with Crippen LogP contribution in [0.2, 0.25) is 0 Å². The minimum absolute atomic E-state index is 0.0661. The Bertz CT molecular complexity index is 922. The minimum Gasteiger partial charge on any atom is -0.346 e. The Labute approximate surface area is 157 Å². The number of hydrogen-bond acceptors (Lipinski definition) is 4. The highest BCUT2D eigenvalue weighted by atomic mass is 32.1. The number of carbonyl (C=O) groups is 1. The third-order valence-electron chi connectivity index (χ3n) is 4.58. The number of aromatic nitrogens is 3. The SMILES string of the molecule is Cc1cc(C)n(Cc2ccc(C(=O)NCc3csc(C4CC4)n3)cc2)n1. The van der Waals surface area contributed by atoms with Gasteiger partial charge in [0.2, 0.25) is 0 Å². The van der Waals surface area contributed by atoms with Gasteiger partial charge in [-0.1, -0.05) is 12.1 Å². The maximum Gasteiger partial charge on any atom is 0.251 e. The highest BCUT2D eigenvalue weighted by Crippen LogP contribution is 2.41. The van der Waals surface area contributed by atoms with Gasteiger partial charge in [0.25, 0.3) is 5.91 Å². The molecular weight excluding hydrogens is 344 g/mol. The highest BCUT2D eigenvalue weighted by Gasteiger charge is 2.26. The molecule has 26 heavy (non-hydrogen) atoms. The second-order valence-electron chi connectivity index (χ2n) is 6.92. The van der Waals surface area contributed by atoms with Crippen LogP contribution in [0.5, 0.6) is 0 Å². The van der Waals surface area contributed by atoms with Crippen LogP contribution in [0.3, 0.4) is 0 Å². The lowest BCUT2D eigenvalue weighted by molar-refractivity contribution is 0.0950. The van der Waals surface area contributed by atoms with E-state index in [0.29, 0.717) is 24.6 Å². The van der Waals surface area contributed by atoms with Crippen molar-refractivity contribution in [1.82, 2.24) is 20.1 Å². The van der Waals surface area contributed by atoms with Crippen LogP contribution in [0, 0.1) is 13.8 Å². The molecule has 1 amide bonds. The average molecular weight is 366 g/mol. The van der Waals surface area contributed by atoms with Crippen molar-refractivity contribution in [3.8, 4) is 0 Å². The molecule has 5 nitrogen and oxygen atoms in total. The number of aryl methyl sites for hydroxylation is 2. The minimum atomic E-state index is -0.0661. The number of benzene rings is 1. The molecule has 1 aromatic carbocycles. The van der Waals surface area contributed by atoms with E-state index < -0.39 is 0 Å². The van der Waals surface area contributed by atoms with Gasteiger partial charge in [0.15, 0.2) is 0 Å². The number of amides is 1. The third kappa shape index (κ3) is 3.85. The fraction of sp³-hybridized carbons (Fsp3) is 0.350. The topological polar surface area (TPSA) is 59.8 Å². The molecule has 0 radical (unpaired) electrons. The first kappa shape index (κ1) is 17.0. The summed E-state index contributed by atoms with van der Waals surface area (Å²) in [5.74, 6) is 0.600. The van der Waals surface area contributed by atoms with Gasteiger partial charge < -0.3 is 5.32 Å². The summed E-state index contributed by atoms with van der Waals surface area (Å²) in [6.45, 7) is 5.24. The van der Waals surface area contributed by atoms with Gasteiger partial charge >= 0.3 is 0 Å². The van der Waals surface area contributed by atoms with Gasteiger partial charge in [-0.3, -0.25) is 9.48 Å². The van der Waals surface area contributed by atoms with Gasteiger partial charge in [0.05, 0.1) is 29.5 Å². The maximum absolute atomic E-state index is 12.3.